The van der Waals surface area contributed by atoms with Gasteiger partial charge in [0, 0.05) is 5.56 Å². The van der Waals surface area contributed by atoms with Crippen LogP contribution in [0.1, 0.15) is 29.9 Å². The van der Waals surface area contributed by atoms with Crippen molar-refractivity contribution in [1.29, 1.82) is 0 Å². The lowest BCUT2D eigenvalue weighted by atomic mass is 10.1. The molecule has 0 aliphatic rings. The quantitative estimate of drug-likeness (QED) is 0.485. The van der Waals surface area contributed by atoms with Gasteiger partial charge in [0.25, 0.3) is 5.91 Å². The zero-order valence-corrected chi connectivity index (χ0v) is 16.0. The van der Waals surface area contributed by atoms with Crippen LogP contribution in [0.15, 0.2) is 59.7 Å². The Bertz CT molecular complexity index is 965. The minimum Gasteiger partial charge on any atom is -0.493 e. The first-order valence-corrected chi connectivity index (χ1v) is 8.85. The third-order valence-corrected chi connectivity index (χ3v) is 3.82. The number of hydrogen-bond acceptors (Lipinski definition) is 5. The summed E-state index contributed by atoms with van der Waals surface area (Å²) < 4.78 is 11.1. The maximum absolute atomic E-state index is 12.2. The maximum atomic E-state index is 12.2. The van der Waals surface area contributed by atoms with Crippen molar-refractivity contribution in [3.05, 3.63) is 65.9 Å². The van der Waals surface area contributed by atoms with Crippen LogP contribution in [0.2, 0.25) is 0 Å². The van der Waals surface area contributed by atoms with Crippen LogP contribution in [0, 0.1) is 0 Å². The molecule has 2 aromatic carbocycles. The average molecular weight is 378 g/mol. The molecule has 0 spiro atoms. The first-order valence-electron chi connectivity index (χ1n) is 8.85. The van der Waals surface area contributed by atoms with Crippen molar-refractivity contribution in [2.24, 2.45) is 5.10 Å². The molecule has 2 N–H and O–H groups in total. The smallest absolute Gasteiger partial charge is 0.289 e. The van der Waals surface area contributed by atoms with Crippen molar-refractivity contribution in [1.82, 2.24) is 15.6 Å². The van der Waals surface area contributed by atoms with Crippen LogP contribution in [-0.4, -0.2) is 35.5 Å². The number of nitrogens with one attached hydrogen (secondary N) is 2. The molecule has 3 rings (SSSR count). The summed E-state index contributed by atoms with van der Waals surface area (Å²) in [6.45, 7) is 3.90. The number of H-pyrrole nitrogens is 1. The predicted octanol–water partition coefficient (Wildman–Crippen LogP) is 3.64. The highest BCUT2D eigenvalue weighted by atomic mass is 16.5. The van der Waals surface area contributed by atoms with Crippen LogP contribution in [0.5, 0.6) is 11.5 Å². The minimum absolute atomic E-state index is 0.0388. The summed E-state index contributed by atoms with van der Waals surface area (Å²) >= 11 is 0. The Kier molecular flexibility index (Phi) is 6.06. The standard InChI is InChI=1S/C21H22N4O3/c1-14(2)28-19-10-9-16(11-20(19)27-3)17-12-18(24-23-17)21(26)25-22-13-15-7-5-4-6-8-15/h4-14H,1-3H3,(H,23,24)(H,25,26)/b22-13+. The van der Waals surface area contributed by atoms with Crippen molar-refractivity contribution >= 4 is 12.1 Å². The molecule has 0 aliphatic carbocycles. The molecule has 0 unspecified atom stereocenters. The topological polar surface area (TPSA) is 88.6 Å². The molecule has 3 aromatic rings. The Morgan fingerprint density at radius 1 is 1.14 bits per heavy atom. The van der Waals surface area contributed by atoms with Gasteiger partial charge in [-0.2, -0.15) is 10.2 Å². The molecule has 0 bridgehead atoms. The van der Waals surface area contributed by atoms with E-state index in [1.54, 1.807) is 19.4 Å². The highest BCUT2D eigenvalue weighted by Gasteiger charge is 2.13. The number of aromatic nitrogens is 2. The monoisotopic (exact) mass is 378 g/mol. The molecule has 0 fully saturated rings. The summed E-state index contributed by atoms with van der Waals surface area (Å²) in [6, 6.07) is 16.7. The molecule has 0 saturated carbocycles. The fraction of sp³-hybridized carbons (Fsp3) is 0.190. The van der Waals surface area contributed by atoms with Gasteiger partial charge in [-0.1, -0.05) is 30.3 Å². The fourth-order valence-corrected chi connectivity index (χ4v) is 2.53. The van der Waals surface area contributed by atoms with E-state index in [4.69, 9.17) is 9.47 Å². The van der Waals surface area contributed by atoms with E-state index in [9.17, 15) is 4.79 Å². The molecule has 28 heavy (non-hydrogen) atoms. The number of methoxy groups -OCH3 is 1. The molecule has 0 saturated heterocycles. The fourth-order valence-electron chi connectivity index (χ4n) is 2.53. The van der Waals surface area contributed by atoms with E-state index in [0.717, 1.165) is 11.1 Å². The van der Waals surface area contributed by atoms with Crippen molar-refractivity contribution in [2.45, 2.75) is 20.0 Å². The largest absolute Gasteiger partial charge is 0.493 e. The van der Waals surface area contributed by atoms with E-state index in [-0.39, 0.29) is 12.0 Å². The van der Waals surface area contributed by atoms with Crippen molar-refractivity contribution in [3.8, 4) is 22.8 Å². The molecule has 7 nitrogen and oxygen atoms in total. The van der Waals surface area contributed by atoms with E-state index >= 15 is 0 Å². The Morgan fingerprint density at radius 3 is 2.64 bits per heavy atom. The van der Waals surface area contributed by atoms with Gasteiger partial charge >= 0.3 is 0 Å². The van der Waals surface area contributed by atoms with E-state index in [0.29, 0.717) is 22.9 Å². The van der Waals surface area contributed by atoms with Gasteiger partial charge < -0.3 is 9.47 Å². The lowest BCUT2D eigenvalue weighted by Crippen LogP contribution is -2.17. The molecule has 1 amide bonds. The SMILES string of the molecule is COc1cc(-c2cc(C(=O)N/N=C/c3ccccc3)[nH]n2)ccc1OC(C)C. The number of nitrogens with zero attached hydrogens (tertiary/aromatic N) is 2. The molecule has 1 heterocycles. The van der Waals surface area contributed by atoms with E-state index < -0.39 is 0 Å². The van der Waals surface area contributed by atoms with Crippen LogP contribution in [0.4, 0.5) is 0 Å². The molecular weight excluding hydrogens is 356 g/mol. The molecule has 144 valence electrons. The number of carbonyl (C=O) groups excluding carboxylic acids is 1. The van der Waals surface area contributed by atoms with Crippen molar-refractivity contribution in [2.75, 3.05) is 7.11 Å². The van der Waals surface area contributed by atoms with Crippen molar-refractivity contribution in [3.63, 3.8) is 0 Å². The van der Waals surface area contributed by atoms with E-state index in [1.165, 1.54) is 0 Å². The molecular formula is C21H22N4O3. The van der Waals surface area contributed by atoms with Crippen molar-refractivity contribution < 1.29 is 14.3 Å². The van der Waals surface area contributed by atoms with Gasteiger partial charge in [0.05, 0.1) is 25.1 Å². The van der Waals surface area contributed by atoms with Gasteiger partial charge in [0.15, 0.2) is 11.5 Å². The van der Waals surface area contributed by atoms with Gasteiger partial charge in [0.1, 0.15) is 5.69 Å². The van der Waals surface area contributed by atoms with Crippen LogP contribution in [-0.2, 0) is 0 Å². The summed E-state index contributed by atoms with van der Waals surface area (Å²) in [7, 11) is 1.58. The number of ether oxygens (including phenoxy) is 2. The number of amides is 1. The second-order valence-corrected chi connectivity index (χ2v) is 6.31. The Hall–Kier alpha value is -3.61. The van der Waals surface area contributed by atoms with Gasteiger partial charge in [-0.05, 0) is 43.7 Å². The summed E-state index contributed by atoms with van der Waals surface area (Å²) in [5, 5.41) is 10.9. The summed E-state index contributed by atoms with van der Waals surface area (Å²) in [5.41, 5.74) is 5.10. The Labute approximate surface area is 163 Å². The molecule has 1 aromatic heterocycles. The zero-order valence-electron chi connectivity index (χ0n) is 16.0. The van der Waals surface area contributed by atoms with E-state index in [1.807, 2.05) is 62.4 Å². The Morgan fingerprint density at radius 2 is 1.93 bits per heavy atom. The molecule has 0 aliphatic heterocycles. The number of hydrogen-bond donors (Lipinski definition) is 2. The molecule has 7 heteroatoms. The number of carbonyl (C=O) groups is 1. The number of benzene rings is 2. The molecule has 0 radical (unpaired) electrons. The summed E-state index contributed by atoms with van der Waals surface area (Å²) in [4.78, 5) is 12.2. The van der Waals surface area contributed by atoms with Crippen LogP contribution in [0.3, 0.4) is 0 Å². The maximum Gasteiger partial charge on any atom is 0.289 e. The lowest BCUT2D eigenvalue weighted by molar-refractivity contribution is 0.0950. The van der Waals surface area contributed by atoms with Gasteiger partial charge in [0.2, 0.25) is 0 Å². The second-order valence-electron chi connectivity index (χ2n) is 6.31. The predicted molar refractivity (Wildman–Crippen MR) is 108 cm³/mol. The lowest BCUT2D eigenvalue weighted by Gasteiger charge is -2.14. The highest BCUT2D eigenvalue weighted by molar-refractivity contribution is 5.94. The van der Waals surface area contributed by atoms with Gasteiger partial charge in [-0.25, -0.2) is 5.43 Å². The normalized spacial score (nSPS) is 11.0. The summed E-state index contributed by atoms with van der Waals surface area (Å²) in [5.74, 6) is 0.885. The Balaban J connectivity index is 1.71. The average Bonchev–Trinajstić information content (AvgIpc) is 3.19. The summed E-state index contributed by atoms with van der Waals surface area (Å²) in [6.07, 6.45) is 1.62. The van der Waals surface area contributed by atoms with Gasteiger partial charge in [-0.15, -0.1) is 0 Å². The third kappa shape index (κ3) is 4.76. The number of hydrazone groups is 1. The molecule has 0 atom stereocenters. The van der Waals surface area contributed by atoms with Crippen LogP contribution in [0.25, 0.3) is 11.3 Å². The van der Waals surface area contributed by atoms with Crippen LogP contribution >= 0.6 is 0 Å². The van der Waals surface area contributed by atoms with E-state index in [2.05, 4.69) is 20.7 Å². The zero-order chi connectivity index (χ0) is 19.9. The number of rotatable bonds is 7. The highest BCUT2D eigenvalue weighted by Crippen LogP contribution is 2.32. The third-order valence-electron chi connectivity index (χ3n) is 3.82. The van der Waals surface area contributed by atoms with Gasteiger partial charge in [-0.3, -0.25) is 9.89 Å². The first-order chi connectivity index (χ1) is 13.6. The minimum atomic E-state index is -0.377. The number of aromatic amines is 1. The first kappa shape index (κ1) is 19.2. The second kappa shape index (κ2) is 8.85. The van der Waals surface area contributed by atoms with Crippen LogP contribution < -0.4 is 14.9 Å².